The first-order chi connectivity index (χ1) is 16.4. The fourth-order valence-corrected chi connectivity index (χ4v) is 3.93. The van der Waals surface area contributed by atoms with Crippen LogP contribution < -0.4 is 10.2 Å². The number of nitrogens with one attached hydrogen (secondary N) is 1. The number of nitrogens with zero attached hydrogens (tertiary/aromatic N) is 3. The van der Waals surface area contributed by atoms with Gasteiger partial charge < -0.3 is 9.84 Å². The first-order valence-electron chi connectivity index (χ1n) is 10.3. The van der Waals surface area contributed by atoms with E-state index >= 15 is 0 Å². The molecule has 5 rings (SSSR count). The van der Waals surface area contributed by atoms with Gasteiger partial charge in [0.05, 0.1) is 17.3 Å². The van der Waals surface area contributed by atoms with Gasteiger partial charge in [0.25, 0.3) is 5.89 Å². The average Bonchev–Trinajstić information content (AvgIpc) is 3.31. The number of hydrogen-bond donors (Lipinski definition) is 1. The van der Waals surface area contributed by atoms with Crippen LogP contribution in [0.3, 0.4) is 0 Å². The van der Waals surface area contributed by atoms with Crippen LogP contribution in [0.15, 0.2) is 83.0 Å². The van der Waals surface area contributed by atoms with Gasteiger partial charge in [0.15, 0.2) is 11.6 Å². The predicted octanol–water partition coefficient (Wildman–Crippen LogP) is 5.86. The van der Waals surface area contributed by atoms with E-state index in [-0.39, 0.29) is 17.4 Å². The lowest BCUT2D eigenvalue weighted by Crippen LogP contribution is -2.46. The number of halogens is 3. The highest BCUT2D eigenvalue weighted by Gasteiger charge is 2.36. The van der Waals surface area contributed by atoms with Crippen LogP contribution in [0.4, 0.5) is 23.7 Å². The van der Waals surface area contributed by atoms with Crippen LogP contribution in [0.2, 0.25) is 0 Å². The molecule has 2 heterocycles. The summed E-state index contributed by atoms with van der Waals surface area (Å²) in [5.74, 6) is -2.30. The normalized spacial score (nSPS) is 16.1. The van der Waals surface area contributed by atoms with Crippen molar-refractivity contribution >= 4 is 17.3 Å². The summed E-state index contributed by atoms with van der Waals surface area (Å²) in [5, 5.41) is 6.86. The Kier molecular flexibility index (Phi) is 5.37. The number of rotatable bonds is 4. The van der Waals surface area contributed by atoms with Crippen molar-refractivity contribution in [3.8, 4) is 11.4 Å². The van der Waals surface area contributed by atoms with E-state index in [4.69, 9.17) is 4.52 Å². The Hall–Kier alpha value is -4.40. The Balaban J connectivity index is 1.66. The number of hydrogen-bond acceptors (Lipinski definition) is 4. The fourth-order valence-electron chi connectivity index (χ4n) is 3.93. The summed E-state index contributed by atoms with van der Waals surface area (Å²) >= 11 is 0. The second-order valence-electron chi connectivity index (χ2n) is 7.66. The van der Waals surface area contributed by atoms with Crippen molar-refractivity contribution in [2.45, 2.75) is 13.0 Å². The molecule has 9 heteroatoms. The lowest BCUT2D eigenvalue weighted by molar-refractivity contribution is 0.244. The highest BCUT2D eigenvalue weighted by molar-refractivity contribution is 6.01. The molecule has 1 N–H and O–H groups in total. The number of benzene rings is 3. The van der Waals surface area contributed by atoms with Gasteiger partial charge in [0.1, 0.15) is 5.82 Å². The molecule has 2 amide bonds. The van der Waals surface area contributed by atoms with E-state index in [0.717, 1.165) is 17.7 Å². The third-order valence-corrected chi connectivity index (χ3v) is 5.52. The zero-order valence-corrected chi connectivity index (χ0v) is 17.8. The largest absolute Gasteiger partial charge is 0.334 e. The number of carbonyl (C=O) groups excluding carboxylic acids is 1. The monoisotopic (exact) mass is 462 g/mol. The Labute approximate surface area is 192 Å². The summed E-state index contributed by atoms with van der Waals surface area (Å²) < 4.78 is 46.7. The molecule has 0 fully saturated rings. The quantitative estimate of drug-likeness (QED) is 0.413. The van der Waals surface area contributed by atoms with E-state index in [9.17, 15) is 18.0 Å². The molecule has 0 spiro atoms. The molecule has 34 heavy (non-hydrogen) atoms. The van der Waals surface area contributed by atoms with E-state index in [1.807, 2.05) is 30.3 Å². The standard InChI is InChI=1S/C25H17F3N4O2/c1-14-21(24-30-23(31-34-24)16-8-5-9-17(26)12-16)22(15-6-3-2-4-7-15)29-25(33)32(14)18-10-11-19(27)20(28)13-18/h2-13,22H,1H3,(H,29,33). The number of aromatic nitrogens is 2. The van der Waals surface area contributed by atoms with E-state index < -0.39 is 29.5 Å². The molecule has 1 aromatic heterocycles. The van der Waals surface area contributed by atoms with Gasteiger partial charge in [0, 0.05) is 17.3 Å². The molecule has 4 aromatic rings. The minimum absolute atomic E-state index is 0.0956. The third kappa shape index (κ3) is 3.81. The average molecular weight is 462 g/mol. The topological polar surface area (TPSA) is 71.3 Å². The van der Waals surface area contributed by atoms with Crippen LogP contribution in [0.1, 0.15) is 24.4 Å². The minimum atomic E-state index is -1.09. The molecule has 1 atom stereocenters. The zero-order valence-electron chi connectivity index (χ0n) is 17.8. The number of carbonyl (C=O) groups is 1. The summed E-state index contributed by atoms with van der Waals surface area (Å²) in [4.78, 5) is 18.7. The van der Waals surface area contributed by atoms with Crippen molar-refractivity contribution in [3.63, 3.8) is 0 Å². The second kappa shape index (κ2) is 8.51. The van der Waals surface area contributed by atoms with Gasteiger partial charge in [-0.3, -0.25) is 4.90 Å². The number of anilines is 1. The fraction of sp³-hybridized carbons (Fsp3) is 0.0800. The van der Waals surface area contributed by atoms with Crippen LogP contribution in [-0.4, -0.2) is 16.2 Å². The predicted molar refractivity (Wildman–Crippen MR) is 119 cm³/mol. The van der Waals surface area contributed by atoms with E-state index in [1.54, 1.807) is 13.0 Å². The van der Waals surface area contributed by atoms with Crippen LogP contribution >= 0.6 is 0 Å². The molecule has 1 aliphatic rings. The van der Waals surface area contributed by atoms with Gasteiger partial charge in [-0.25, -0.2) is 18.0 Å². The smallest absolute Gasteiger partial charge is 0.327 e. The lowest BCUT2D eigenvalue weighted by atomic mass is 9.94. The van der Waals surface area contributed by atoms with Gasteiger partial charge in [-0.05, 0) is 36.8 Å². The molecule has 0 saturated carbocycles. The Morgan fingerprint density at radius 2 is 1.74 bits per heavy atom. The zero-order chi connectivity index (χ0) is 23.8. The molecule has 1 aliphatic heterocycles. The molecule has 1 unspecified atom stereocenters. The third-order valence-electron chi connectivity index (χ3n) is 5.52. The molecule has 3 aromatic carbocycles. The van der Waals surface area contributed by atoms with Crippen molar-refractivity contribution in [2.75, 3.05) is 4.90 Å². The van der Waals surface area contributed by atoms with Crippen LogP contribution in [-0.2, 0) is 0 Å². The van der Waals surface area contributed by atoms with E-state index in [0.29, 0.717) is 16.8 Å². The number of urea groups is 1. The SMILES string of the molecule is CC1=C(c2nc(-c3cccc(F)c3)no2)C(c2ccccc2)NC(=O)N1c1ccc(F)c(F)c1. The Morgan fingerprint density at radius 1 is 0.941 bits per heavy atom. The molecule has 170 valence electrons. The van der Waals surface area contributed by atoms with E-state index in [1.165, 1.54) is 29.2 Å². The molecular formula is C25H17F3N4O2. The second-order valence-corrected chi connectivity index (χ2v) is 7.66. The van der Waals surface area contributed by atoms with Crippen molar-refractivity contribution in [1.82, 2.24) is 15.5 Å². The van der Waals surface area contributed by atoms with Crippen LogP contribution in [0.25, 0.3) is 17.0 Å². The molecule has 0 radical (unpaired) electrons. The lowest BCUT2D eigenvalue weighted by Gasteiger charge is -2.35. The maximum absolute atomic E-state index is 14.0. The van der Waals surface area contributed by atoms with Crippen LogP contribution in [0.5, 0.6) is 0 Å². The van der Waals surface area contributed by atoms with Crippen LogP contribution in [0, 0.1) is 17.5 Å². The van der Waals surface area contributed by atoms with Gasteiger partial charge in [-0.1, -0.05) is 47.6 Å². The molecular weight excluding hydrogens is 445 g/mol. The summed E-state index contributed by atoms with van der Waals surface area (Å²) in [6, 6.07) is 16.9. The molecule has 0 saturated heterocycles. The maximum atomic E-state index is 14.0. The molecule has 6 nitrogen and oxygen atoms in total. The van der Waals surface area contributed by atoms with Crippen molar-refractivity contribution in [1.29, 1.82) is 0 Å². The van der Waals surface area contributed by atoms with Gasteiger partial charge >= 0.3 is 6.03 Å². The highest BCUT2D eigenvalue weighted by atomic mass is 19.2. The summed E-state index contributed by atoms with van der Waals surface area (Å²) in [5.41, 5.74) is 2.15. The maximum Gasteiger partial charge on any atom is 0.327 e. The van der Waals surface area contributed by atoms with E-state index in [2.05, 4.69) is 15.5 Å². The molecule has 0 bridgehead atoms. The number of allylic oxidation sites excluding steroid dienone is 1. The minimum Gasteiger partial charge on any atom is -0.334 e. The Bertz CT molecular complexity index is 1420. The molecule has 0 aliphatic carbocycles. The van der Waals surface area contributed by atoms with Gasteiger partial charge in [-0.2, -0.15) is 4.98 Å². The van der Waals surface area contributed by atoms with Gasteiger partial charge in [-0.15, -0.1) is 0 Å². The van der Waals surface area contributed by atoms with Crippen molar-refractivity contribution in [2.24, 2.45) is 0 Å². The first-order valence-corrected chi connectivity index (χ1v) is 10.3. The summed E-state index contributed by atoms with van der Waals surface area (Å²) in [6.45, 7) is 1.65. The Morgan fingerprint density at radius 3 is 2.47 bits per heavy atom. The summed E-state index contributed by atoms with van der Waals surface area (Å²) in [7, 11) is 0. The van der Waals surface area contributed by atoms with Crippen molar-refractivity contribution < 1.29 is 22.5 Å². The summed E-state index contributed by atoms with van der Waals surface area (Å²) in [6.07, 6.45) is 0. The van der Waals surface area contributed by atoms with Crippen molar-refractivity contribution in [3.05, 3.63) is 107 Å². The van der Waals surface area contributed by atoms with Gasteiger partial charge in [0.2, 0.25) is 5.82 Å². The highest BCUT2D eigenvalue weighted by Crippen LogP contribution is 2.39. The number of amides is 2. The first kappa shape index (κ1) is 21.4.